The Kier molecular flexibility index (Phi) is 6.44. The van der Waals surface area contributed by atoms with E-state index in [1.165, 1.54) is 30.3 Å². The highest BCUT2D eigenvalue weighted by molar-refractivity contribution is 9.10. The minimum Gasteiger partial charge on any atom is -0.486 e. The van der Waals surface area contributed by atoms with Gasteiger partial charge < -0.3 is 19.2 Å². The zero-order valence-electron chi connectivity index (χ0n) is 14.5. The van der Waals surface area contributed by atoms with Gasteiger partial charge in [0, 0.05) is 10.2 Å². The van der Waals surface area contributed by atoms with Crippen LogP contribution in [0.2, 0.25) is 0 Å². The van der Waals surface area contributed by atoms with E-state index in [0.717, 1.165) is 4.47 Å². The van der Waals surface area contributed by atoms with Gasteiger partial charge >= 0.3 is 5.97 Å². The Bertz CT molecular complexity index is 953. The molecule has 3 aromatic rings. The standard InChI is InChI=1S/C20H15BrFNO5/c21-13-1-5-15(6-2-13)23-19(24)12-27-20(25)18-10-9-17(28-18)11-26-16-7-3-14(22)4-8-16/h1-10H,11-12H2,(H,23,24). The molecule has 0 spiro atoms. The SMILES string of the molecule is O=C(COC(=O)c1ccc(COc2ccc(F)cc2)o1)Nc1ccc(Br)cc1. The lowest BCUT2D eigenvalue weighted by molar-refractivity contribution is -0.119. The first kappa shape index (κ1) is 19.6. The van der Waals surface area contributed by atoms with Gasteiger partial charge in [-0.2, -0.15) is 0 Å². The number of furan rings is 1. The van der Waals surface area contributed by atoms with Gasteiger partial charge in [-0.25, -0.2) is 9.18 Å². The molecule has 1 amide bonds. The second-order valence-corrected chi connectivity index (χ2v) is 6.56. The highest BCUT2D eigenvalue weighted by Gasteiger charge is 2.15. The van der Waals surface area contributed by atoms with Gasteiger partial charge in [-0.15, -0.1) is 0 Å². The van der Waals surface area contributed by atoms with Crippen LogP contribution in [0.5, 0.6) is 5.75 Å². The molecule has 0 aliphatic heterocycles. The van der Waals surface area contributed by atoms with Crippen LogP contribution < -0.4 is 10.1 Å². The molecule has 8 heteroatoms. The number of hydrogen-bond acceptors (Lipinski definition) is 5. The molecule has 0 saturated carbocycles. The van der Waals surface area contributed by atoms with Gasteiger partial charge in [0.1, 0.15) is 23.9 Å². The van der Waals surface area contributed by atoms with Crippen molar-refractivity contribution < 1.29 is 27.9 Å². The third kappa shape index (κ3) is 5.68. The normalized spacial score (nSPS) is 10.4. The molecule has 144 valence electrons. The van der Waals surface area contributed by atoms with Gasteiger partial charge in [-0.3, -0.25) is 4.79 Å². The number of rotatable bonds is 7. The number of nitrogens with one attached hydrogen (secondary N) is 1. The summed E-state index contributed by atoms with van der Waals surface area (Å²) in [5.74, 6) is -0.795. The Labute approximate surface area is 168 Å². The summed E-state index contributed by atoms with van der Waals surface area (Å²) in [6.45, 7) is -0.389. The van der Waals surface area contributed by atoms with Crippen LogP contribution in [-0.4, -0.2) is 18.5 Å². The lowest BCUT2D eigenvalue weighted by atomic mass is 10.3. The highest BCUT2D eigenvalue weighted by Crippen LogP contribution is 2.16. The average Bonchev–Trinajstić information content (AvgIpc) is 3.17. The van der Waals surface area contributed by atoms with E-state index >= 15 is 0 Å². The van der Waals surface area contributed by atoms with Crippen LogP contribution in [0.1, 0.15) is 16.3 Å². The number of benzene rings is 2. The molecule has 1 aromatic heterocycles. The molecule has 2 aromatic carbocycles. The lowest BCUT2D eigenvalue weighted by Gasteiger charge is -2.06. The zero-order valence-corrected chi connectivity index (χ0v) is 16.1. The van der Waals surface area contributed by atoms with Crippen molar-refractivity contribution in [2.45, 2.75) is 6.61 Å². The Morgan fingerprint density at radius 1 is 1.00 bits per heavy atom. The summed E-state index contributed by atoms with van der Waals surface area (Å²) in [5.41, 5.74) is 0.586. The van der Waals surface area contributed by atoms with E-state index in [1.807, 2.05) is 0 Å². The minimum absolute atomic E-state index is 0.0471. The van der Waals surface area contributed by atoms with Crippen molar-refractivity contribution in [1.82, 2.24) is 0 Å². The second kappa shape index (κ2) is 9.18. The van der Waals surface area contributed by atoms with Crippen LogP contribution in [0.25, 0.3) is 0 Å². The molecule has 0 aliphatic rings. The molecule has 6 nitrogen and oxygen atoms in total. The van der Waals surface area contributed by atoms with E-state index < -0.39 is 18.5 Å². The summed E-state index contributed by atoms with van der Waals surface area (Å²) >= 11 is 3.30. The van der Waals surface area contributed by atoms with Crippen LogP contribution in [0.4, 0.5) is 10.1 Å². The van der Waals surface area contributed by atoms with Crippen LogP contribution in [0, 0.1) is 5.82 Å². The van der Waals surface area contributed by atoms with Gasteiger partial charge in [-0.1, -0.05) is 15.9 Å². The maximum Gasteiger partial charge on any atom is 0.374 e. The summed E-state index contributed by atoms with van der Waals surface area (Å²) in [4.78, 5) is 23.8. The van der Waals surface area contributed by atoms with Crippen molar-refractivity contribution in [2.24, 2.45) is 0 Å². The monoisotopic (exact) mass is 447 g/mol. The quantitative estimate of drug-likeness (QED) is 0.537. The molecule has 0 fully saturated rings. The fourth-order valence-corrected chi connectivity index (χ4v) is 2.45. The number of esters is 1. The number of ether oxygens (including phenoxy) is 2. The fraction of sp³-hybridized carbons (Fsp3) is 0.100. The summed E-state index contributed by atoms with van der Waals surface area (Å²) in [7, 11) is 0. The Morgan fingerprint density at radius 3 is 2.43 bits per heavy atom. The molecule has 0 saturated heterocycles. The van der Waals surface area contributed by atoms with E-state index in [0.29, 0.717) is 17.2 Å². The third-order valence-corrected chi connectivity index (χ3v) is 4.05. The average molecular weight is 448 g/mol. The summed E-state index contributed by atoms with van der Waals surface area (Å²) < 4.78 is 29.5. The second-order valence-electron chi connectivity index (χ2n) is 5.64. The number of anilines is 1. The van der Waals surface area contributed by atoms with E-state index in [4.69, 9.17) is 13.9 Å². The third-order valence-electron chi connectivity index (χ3n) is 3.52. The smallest absolute Gasteiger partial charge is 0.374 e. The summed E-state index contributed by atoms with van der Waals surface area (Å²) in [5, 5.41) is 2.61. The van der Waals surface area contributed by atoms with Crippen molar-refractivity contribution in [3.05, 3.63) is 82.5 Å². The van der Waals surface area contributed by atoms with Gasteiger partial charge in [0.2, 0.25) is 5.76 Å². The maximum atomic E-state index is 12.9. The zero-order chi connectivity index (χ0) is 19.9. The molecule has 0 unspecified atom stereocenters. The lowest BCUT2D eigenvalue weighted by Crippen LogP contribution is -2.20. The topological polar surface area (TPSA) is 77.8 Å². The Balaban J connectivity index is 1.46. The van der Waals surface area contributed by atoms with E-state index in [2.05, 4.69) is 21.2 Å². The number of amides is 1. The first-order chi connectivity index (χ1) is 13.5. The molecule has 0 radical (unpaired) electrons. The number of hydrogen-bond donors (Lipinski definition) is 1. The van der Waals surface area contributed by atoms with Crippen LogP contribution in [0.3, 0.4) is 0 Å². The molecule has 0 atom stereocenters. The molecule has 0 aliphatic carbocycles. The maximum absolute atomic E-state index is 12.9. The first-order valence-electron chi connectivity index (χ1n) is 8.19. The fourth-order valence-electron chi connectivity index (χ4n) is 2.18. The van der Waals surface area contributed by atoms with E-state index in [9.17, 15) is 14.0 Å². The summed E-state index contributed by atoms with van der Waals surface area (Å²) in [6, 6.07) is 15.5. The van der Waals surface area contributed by atoms with Crippen molar-refractivity contribution >= 4 is 33.5 Å². The number of carbonyl (C=O) groups excluding carboxylic acids is 2. The van der Waals surface area contributed by atoms with Crippen molar-refractivity contribution in [3.63, 3.8) is 0 Å². The predicted molar refractivity (Wildman–Crippen MR) is 102 cm³/mol. The Hall–Kier alpha value is -3.13. The predicted octanol–water partition coefficient (Wildman–Crippen LogP) is 4.56. The molecule has 1 heterocycles. The van der Waals surface area contributed by atoms with Gasteiger partial charge in [0.05, 0.1) is 0 Å². The van der Waals surface area contributed by atoms with Crippen LogP contribution >= 0.6 is 15.9 Å². The molecule has 1 N–H and O–H groups in total. The van der Waals surface area contributed by atoms with Gasteiger partial charge in [-0.05, 0) is 60.7 Å². The molecule has 0 bridgehead atoms. The van der Waals surface area contributed by atoms with Crippen molar-refractivity contribution in [1.29, 1.82) is 0 Å². The summed E-state index contributed by atoms with van der Waals surface area (Å²) in [6.07, 6.45) is 0. The molecule has 3 rings (SSSR count). The van der Waals surface area contributed by atoms with Crippen molar-refractivity contribution in [2.75, 3.05) is 11.9 Å². The Morgan fingerprint density at radius 2 is 1.71 bits per heavy atom. The van der Waals surface area contributed by atoms with E-state index in [1.54, 1.807) is 30.3 Å². The van der Waals surface area contributed by atoms with E-state index in [-0.39, 0.29) is 18.2 Å². The van der Waals surface area contributed by atoms with Crippen LogP contribution in [0.15, 0.2) is 69.6 Å². The highest BCUT2D eigenvalue weighted by atomic mass is 79.9. The molecular formula is C20H15BrFNO5. The number of halogens is 2. The first-order valence-corrected chi connectivity index (χ1v) is 8.98. The van der Waals surface area contributed by atoms with Gasteiger partial charge in [0.15, 0.2) is 6.61 Å². The van der Waals surface area contributed by atoms with Crippen molar-refractivity contribution in [3.8, 4) is 5.75 Å². The number of carbonyl (C=O) groups is 2. The largest absolute Gasteiger partial charge is 0.486 e. The van der Waals surface area contributed by atoms with Crippen LogP contribution in [-0.2, 0) is 16.1 Å². The van der Waals surface area contributed by atoms with Gasteiger partial charge in [0.25, 0.3) is 5.91 Å². The molecule has 28 heavy (non-hydrogen) atoms. The molecular weight excluding hydrogens is 433 g/mol. The minimum atomic E-state index is -0.765.